The standard InChI is InChI=1S/C18H19N3O3S/c1-9(2)15-13-8-14(25-17(13)21(4)20-15)16(22)19-11-5-6-12(18(23)24)10(3)7-11/h5-9H,1-4H3,(H,19,22)(H,23,24). The van der Waals surface area contributed by atoms with Crippen molar-refractivity contribution >= 4 is 39.1 Å². The number of carboxylic acids is 1. The SMILES string of the molecule is Cc1cc(NC(=O)c2cc3c(C(C)C)nn(C)c3s2)ccc1C(=O)O. The van der Waals surface area contributed by atoms with Crippen LogP contribution in [0.1, 0.15) is 51.1 Å². The van der Waals surface area contributed by atoms with Gasteiger partial charge in [-0.25, -0.2) is 4.79 Å². The second-order valence-corrected chi connectivity index (χ2v) is 7.31. The van der Waals surface area contributed by atoms with Crippen LogP contribution in [-0.2, 0) is 7.05 Å². The summed E-state index contributed by atoms with van der Waals surface area (Å²) in [4.78, 5) is 25.2. The number of rotatable bonds is 4. The van der Waals surface area contributed by atoms with E-state index in [0.29, 0.717) is 16.1 Å². The molecule has 25 heavy (non-hydrogen) atoms. The number of amides is 1. The molecule has 3 rings (SSSR count). The van der Waals surface area contributed by atoms with Crippen molar-refractivity contribution in [2.45, 2.75) is 26.7 Å². The molecule has 0 aliphatic rings. The summed E-state index contributed by atoms with van der Waals surface area (Å²) in [7, 11) is 1.88. The van der Waals surface area contributed by atoms with Crippen molar-refractivity contribution in [3.8, 4) is 0 Å². The van der Waals surface area contributed by atoms with Gasteiger partial charge in [-0.3, -0.25) is 9.48 Å². The lowest BCUT2D eigenvalue weighted by atomic mass is 10.1. The lowest BCUT2D eigenvalue weighted by Crippen LogP contribution is -2.11. The number of hydrogen-bond donors (Lipinski definition) is 2. The lowest BCUT2D eigenvalue weighted by Gasteiger charge is -2.07. The number of hydrogen-bond acceptors (Lipinski definition) is 4. The summed E-state index contributed by atoms with van der Waals surface area (Å²) < 4.78 is 1.80. The number of anilines is 1. The van der Waals surface area contributed by atoms with Gasteiger partial charge in [0.05, 0.1) is 16.1 Å². The largest absolute Gasteiger partial charge is 0.478 e. The molecule has 1 amide bonds. The summed E-state index contributed by atoms with van der Waals surface area (Å²) in [6.07, 6.45) is 0. The number of aromatic carboxylic acids is 1. The van der Waals surface area contributed by atoms with Crippen LogP contribution in [0, 0.1) is 6.92 Å². The fourth-order valence-corrected chi connectivity index (χ4v) is 3.75. The minimum Gasteiger partial charge on any atom is -0.478 e. The molecule has 0 saturated carbocycles. The molecule has 0 aliphatic carbocycles. The van der Waals surface area contributed by atoms with Gasteiger partial charge in [0.25, 0.3) is 5.91 Å². The van der Waals surface area contributed by atoms with Crippen LogP contribution in [0.15, 0.2) is 24.3 Å². The third-order valence-corrected chi connectivity index (χ3v) is 5.23. The van der Waals surface area contributed by atoms with Gasteiger partial charge >= 0.3 is 5.97 Å². The van der Waals surface area contributed by atoms with Crippen molar-refractivity contribution in [3.05, 3.63) is 46.0 Å². The van der Waals surface area contributed by atoms with Gasteiger partial charge in [0, 0.05) is 18.1 Å². The highest BCUT2D eigenvalue weighted by atomic mass is 32.1. The molecule has 2 aromatic heterocycles. The van der Waals surface area contributed by atoms with Crippen LogP contribution >= 0.6 is 11.3 Å². The Balaban J connectivity index is 1.89. The number of aryl methyl sites for hydroxylation is 2. The molecule has 7 heteroatoms. The normalized spacial score (nSPS) is 11.2. The van der Waals surface area contributed by atoms with Gasteiger partial charge in [0.15, 0.2) is 0 Å². The molecule has 0 atom stereocenters. The molecule has 1 aromatic carbocycles. The smallest absolute Gasteiger partial charge is 0.335 e. The first-order chi connectivity index (χ1) is 11.8. The number of carbonyl (C=O) groups excluding carboxylic acids is 1. The highest BCUT2D eigenvalue weighted by Crippen LogP contribution is 2.32. The number of thiophene rings is 1. The van der Waals surface area contributed by atoms with Gasteiger partial charge in [-0.15, -0.1) is 11.3 Å². The van der Waals surface area contributed by atoms with E-state index in [1.807, 2.05) is 13.1 Å². The molecule has 2 N–H and O–H groups in total. The molecule has 0 fully saturated rings. The fourth-order valence-electron chi connectivity index (χ4n) is 2.78. The first kappa shape index (κ1) is 17.2. The number of carbonyl (C=O) groups is 2. The Hall–Kier alpha value is -2.67. The summed E-state index contributed by atoms with van der Waals surface area (Å²) in [5.74, 6) is -0.910. The molecule has 0 bridgehead atoms. The molecule has 0 spiro atoms. The van der Waals surface area contributed by atoms with Crippen LogP contribution in [0.25, 0.3) is 10.2 Å². The highest BCUT2D eigenvalue weighted by molar-refractivity contribution is 7.20. The second kappa shape index (κ2) is 6.33. The predicted octanol–water partition coefficient (Wildman–Crippen LogP) is 4.02. The van der Waals surface area contributed by atoms with Gasteiger partial charge in [0.2, 0.25) is 0 Å². The van der Waals surface area contributed by atoms with Crippen molar-refractivity contribution < 1.29 is 14.7 Å². The Morgan fingerprint density at radius 3 is 2.60 bits per heavy atom. The summed E-state index contributed by atoms with van der Waals surface area (Å²) in [5, 5.41) is 17.4. The molecule has 0 unspecified atom stereocenters. The molecule has 3 aromatic rings. The molecule has 0 saturated heterocycles. The van der Waals surface area contributed by atoms with Crippen LogP contribution in [-0.4, -0.2) is 26.8 Å². The van der Waals surface area contributed by atoms with E-state index in [9.17, 15) is 9.59 Å². The van der Waals surface area contributed by atoms with Gasteiger partial charge < -0.3 is 10.4 Å². The number of fused-ring (bicyclic) bond motifs is 1. The van der Waals surface area contributed by atoms with E-state index in [1.54, 1.807) is 23.7 Å². The zero-order valence-electron chi connectivity index (χ0n) is 14.5. The first-order valence-corrected chi connectivity index (χ1v) is 8.71. The first-order valence-electron chi connectivity index (χ1n) is 7.89. The Morgan fingerprint density at radius 1 is 1.28 bits per heavy atom. The van der Waals surface area contributed by atoms with E-state index in [4.69, 9.17) is 5.11 Å². The second-order valence-electron chi connectivity index (χ2n) is 6.28. The Bertz CT molecular complexity index is 985. The predicted molar refractivity (Wildman–Crippen MR) is 98.8 cm³/mol. The van der Waals surface area contributed by atoms with Crippen molar-refractivity contribution in [1.82, 2.24) is 9.78 Å². The lowest BCUT2D eigenvalue weighted by molar-refractivity contribution is 0.0696. The summed E-state index contributed by atoms with van der Waals surface area (Å²) >= 11 is 1.40. The summed E-state index contributed by atoms with van der Waals surface area (Å²) in [5.41, 5.74) is 2.39. The number of benzene rings is 1. The Labute approximate surface area is 149 Å². The maximum absolute atomic E-state index is 12.6. The summed E-state index contributed by atoms with van der Waals surface area (Å²) in [6, 6.07) is 6.63. The van der Waals surface area contributed by atoms with Crippen LogP contribution in [0.4, 0.5) is 5.69 Å². The quantitative estimate of drug-likeness (QED) is 0.739. The minimum absolute atomic E-state index is 0.210. The maximum Gasteiger partial charge on any atom is 0.335 e. The van der Waals surface area contributed by atoms with E-state index in [1.165, 1.54) is 17.4 Å². The van der Waals surface area contributed by atoms with Crippen LogP contribution < -0.4 is 5.32 Å². The highest BCUT2D eigenvalue weighted by Gasteiger charge is 2.19. The monoisotopic (exact) mass is 357 g/mol. The Kier molecular flexibility index (Phi) is 4.34. The zero-order chi connectivity index (χ0) is 18.3. The number of nitrogens with zero attached hydrogens (tertiary/aromatic N) is 2. The van der Waals surface area contributed by atoms with Gasteiger partial charge in [-0.05, 0) is 42.7 Å². The van der Waals surface area contributed by atoms with Crippen molar-refractivity contribution in [2.24, 2.45) is 7.05 Å². The number of nitrogens with one attached hydrogen (secondary N) is 1. The molecule has 0 radical (unpaired) electrons. The minimum atomic E-state index is -0.978. The topological polar surface area (TPSA) is 84.2 Å². The summed E-state index contributed by atoms with van der Waals surface area (Å²) in [6.45, 7) is 5.86. The molecule has 2 heterocycles. The van der Waals surface area contributed by atoms with Crippen LogP contribution in [0.3, 0.4) is 0 Å². The zero-order valence-corrected chi connectivity index (χ0v) is 15.3. The van der Waals surface area contributed by atoms with Gasteiger partial charge in [0.1, 0.15) is 4.83 Å². The average molecular weight is 357 g/mol. The maximum atomic E-state index is 12.6. The van der Waals surface area contributed by atoms with E-state index in [0.717, 1.165) is 15.9 Å². The van der Waals surface area contributed by atoms with Gasteiger partial charge in [-0.2, -0.15) is 5.10 Å². The Morgan fingerprint density at radius 2 is 2.00 bits per heavy atom. The van der Waals surface area contributed by atoms with Crippen molar-refractivity contribution in [2.75, 3.05) is 5.32 Å². The van der Waals surface area contributed by atoms with Crippen LogP contribution in [0.5, 0.6) is 0 Å². The van der Waals surface area contributed by atoms with E-state index >= 15 is 0 Å². The molecule has 0 aliphatic heterocycles. The third-order valence-electron chi connectivity index (χ3n) is 4.03. The van der Waals surface area contributed by atoms with Crippen molar-refractivity contribution in [1.29, 1.82) is 0 Å². The molecular weight excluding hydrogens is 338 g/mol. The van der Waals surface area contributed by atoms with Crippen LogP contribution in [0.2, 0.25) is 0 Å². The molecule has 6 nitrogen and oxygen atoms in total. The van der Waals surface area contributed by atoms with E-state index in [2.05, 4.69) is 24.3 Å². The van der Waals surface area contributed by atoms with E-state index in [-0.39, 0.29) is 17.4 Å². The fraction of sp³-hybridized carbons (Fsp3) is 0.278. The van der Waals surface area contributed by atoms with Crippen molar-refractivity contribution in [3.63, 3.8) is 0 Å². The average Bonchev–Trinajstić information content (AvgIpc) is 3.08. The molecular formula is C18H19N3O3S. The third kappa shape index (κ3) is 3.15. The van der Waals surface area contributed by atoms with Gasteiger partial charge in [-0.1, -0.05) is 13.8 Å². The molecule has 130 valence electrons. The van der Waals surface area contributed by atoms with E-state index < -0.39 is 5.97 Å². The number of aromatic nitrogens is 2. The number of carboxylic acid groups (broad SMARTS) is 1.